The molecule has 140 valence electrons. The van der Waals surface area contributed by atoms with Crippen LogP contribution in [-0.2, 0) is 0 Å². The van der Waals surface area contributed by atoms with Crippen molar-refractivity contribution in [2.45, 2.75) is 19.8 Å². The van der Waals surface area contributed by atoms with Crippen LogP contribution in [0.1, 0.15) is 25.5 Å². The van der Waals surface area contributed by atoms with E-state index < -0.39 is 0 Å². The van der Waals surface area contributed by atoms with Gasteiger partial charge in [0, 0.05) is 10.9 Å². The molecular weight excluding hydrogens is 352 g/mol. The van der Waals surface area contributed by atoms with Crippen molar-refractivity contribution in [3.8, 4) is 22.4 Å². The first-order chi connectivity index (χ1) is 14.2. The monoisotopic (exact) mass is 374 g/mol. The van der Waals surface area contributed by atoms with Crippen LogP contribution < -0.4 is 0 Å². The van der Waals surface area contributed by atoms with Gasteiger partial charge >= 0.3 is 0 Å². The zero-order valence-corrected chi connectivity index (χ0v) is 16.6. The maximum absolute atomic E-state index is 5.10. The molecule has 0 bridgehead atoms. The summed E-state index contributed by atoms with van der Waals surface area (Å²) in [5, 5.41) is 2.36. The predicted octanol–water partition coefficient (Wildman–Crippen LogP) is 7.24. The van der Waals surface area contributed by atoms with Crippen molar-refractivity contribution >= 4 is 21.8 Å². The fraction of sp³-hybridized carbons (Fsp3) is 0.111. The molecule has 0 N–H and O–H groups in total. The molecule has 0 fully saturated rings. The minimum absolute atomic E-state index is 0.287. The number of fused-ring (bicyclic) bond motifs is 3. The van der Waals surface area contributed by atoms with Gasteiger partial charge in [-0.25, -0.2) is 9.97 Å². The Morgan fingerprint density at radius 3 is 2.00 bits per heavy atom. The predicted molar refractivity (Wildman–Crippen MR) is 122 cm³/mol. The summed E-state index contributed by atoms with van der Waals surface area (Å²) in [7, 11) is 0. The van der Waals surface area contributed by atoms with Gasteiger partial charge in [0.05, 0.1) is 22.4 Å². The van der Waals surface area contributed by atoms with Gasteiger partial charge < -0.3 is 0 Å². The lowest BCUT2D eigenvalue weighted by molar-refractivity contribution is 0.826. The molecule has 2 heteroatoms. The van der Waals surface area contributed by atoms with Crippen molar-refractivity contribution in [1.82, 2.24) is 9.97 Å². The SMILES string of the molecule is CC(C)c1nc2c(ccc3ccccc32)nc1-c1ccc(-c2ccccc2)cc1. The van der Waals surface area contributed by atoms with E-state index in [0.717, 1.165) is 33.4 Å². The normalized spacial score (nSPS) is 11.4. The fourth-order valence-electron chi connectivity index (χ4n) is 3.87. The first-order valence-corrected chi connectivity index (χ1v) is 10.1. The smallest absolute Gasteiger partial charge is 0.0969 e. The van der Waals surface area contributed by atoms with E-state index in [0.29, 0.717) is 0 Å². The van der Waals surface area contributed by atoms with Crippen molar-refractivity contribution in [3.05, 3.63) is 96.7 Å². The Balaban J connectivity index is 1.68. The topological polar surface area (TPSA) is 25.8 Å². The Kier molecular flexibility index (Phi) is 4.33. The van der Waals surface area contributed by atoms with E-state index in [-0.39, 0.29) is 5.92 Å². The first-order valence-electron chi connectivity index (χ1n) is 10.1. The third-order valence-corrected chi connectivity index (χ3v) is 5.40. The molecule has 0 aliphatic carbocycles. The summed E-state index contributed by atoms with van der Waals surface area (Å²) in [4.78, 5) is 10.2. The van der Waals surface area contributed by atoms with Crippen molar-refractivity contribution in [3.63, 3.8) is 0 Å². The number of nitrogens with zero attached hydrogens (tertiary/aromatic N) is 2. The summed E-state index contributed by atoms with van der Waals surface area (Å²) in [6, 6.07) is 31.7. The van der Waals surface area contributed by atoms with E-state index in [1.54, 1.807) is 0 Å². The summed E-state index contributed by atoms with van der Waals surface area (Å²) in [6.07, 6.45) is 0. The van der Waals surface area contributed by atoms with E-state index in [9.17, 15) is 0 Å². The van der Waals surface area contributed by atoms with E-state index in [4.69, 9.17) is 9.97 Å². The average molecular weight is 374 g/mol. The van der Waals surface area contributed by atoms with Crippen LogP contribution in [0.25, 0.3) is 44.2 Å². The molecule has 0 aliphatic heterocycles. The highest BCUT2D eigenvalue weighted by Crippen LogP contribution is 2.32. The van der Waals surface area contributed by atoms with Gasteiger partial charge in [0.25, 0.3) is 0 Å². The summed E-state index contributed by atoms with van der Waals surface area (Å²) in [5.41, 5.74) is 7.48. The molecule has 1 aromatic heterocycles. The van der Waals surface area contributed by atoms with Gasteiger partial charge in [-0.1, -0.05) is 98.8 Å². The second-order valence-electron chi connectivity index (χ2n) is 7.71. The number of aromatic nitrogens is 2. The maximum atomic E-state index is 5.10. The third kappa shape index (κ3) is 3.17. The molecular formula is C27H22N2. The molecule has 0 atom stereocenters. The summed E-state index contributed by atoms with van der Waals surface area (Å²) < 4.78 is 0. The molecule has 0 amide bonds. The molecule has 5 rings (SSSR count). The quantitative estimate of drug-likeness (QED) is 0.311. The fourth-order valence-corrected chi connectivity index (χ4v) is 3.87. The van der Waals surface area contributed by atoms with Crippen LogP contribution >= 0.6 is 0 Å². The zero-order chi connectivity index (χ0) is 19.8. The van der Waals surface area contributed by atoms with Gasteiger partial charge in [-0.2, -0.15) is 0 Å². The van der Waals surface area contributed by atoms with Gasteiger partial charge in [-0.05, 0) is 28.5 Å². The second-order valence-corrected chi connectivity index (χ2v) is 7.71. The summed E-state index contributed by atoms with van der Waals surface area (Å²) in [5.74, 6) is 0.287. The Labute approximate surface area is 170 Å². The van der Waals surface area contributed by atoms with Crippen molar-refractivity contribution in [2.24, 2.45) is 0 Å². The Morgan fingerprint density at radius 1 is 0.586 bits per heavy atom. The molecule has 4 aromatic carbocycles. The highest BCUT2D eigenvalue weighted by atomic mass is 14.8. The molecule has 0 saturated heterocycles. The van der Waals surface area contributed by atoms with Crippen LogP contribution in [0.4, 0.5) is 0 Å². The third-order valence-electron chi connectivity index (χ3n) is 5.40. The maximum Gasteiger partial charge on any atom is 0.0969 e. The van der Waals surface area contributed by atoms with Crippen molar-refractivity contribution in [2.75, 3.05) is 0 Å². The highest BCUT2D eigenvalue weighted by Gasteiger charge is 2.15. The molecule has 2 nitrogen and oxygen atoms in total. The molecule has 0 unspecified atom stereocenters. The number of rotatable bonds is 3. The lowest BCUT2D eigenvalue weighted by atomic mass is 9.98. The van der Waals surface area contributed by atoms with Gasteiger partial charge in [-0.3, -0.25) is 0 Å². The molecule has 0 radical (unpaired) electrons. The minimum Gasteiger partial charge on any atom is -0.248 e. The highest BCUT2D eigenvalue weighted by molar-refractivity contribution is 6.04. The van der Waals surface area contributed by atoms with Crippen LogP contribution in [-0.4, -0.2) is 9.97 Å². The molecule has 0 aliphatic rings. The molecule has 5 aromatic rings. The lowest BCUT2D eigenvalue weighted by Gasteiger charge is -2.14. The molecule has 0 spiro atoms. The van der Waals surface area contributed by atoms with Gasteiger partial charge in [0.1, 0.15) is 0 Å². The van der Waals surface area contributed by atoms with E-state index in [1.165, 1.54) is 16.5 Å². The molecule has 0 saturated carbocycles. The Bertz CT molecular complexity index is 1300. The van der Waals surface area contributed by atoms with Crippen molar-refractivity contribution < 1.29 is 0 Å². The van der Waals surface area contributed by atoms with E-state index in [1.807, 2.05) is 6.07 Å². The average Bonchev–Trinajstić information content (AvgIpc) is 2.78. The van der Waals surface area contributed by atoms with Gasteiger partial charge in [0.2, 0.25) is 0 Å². The number of hydrogen-bond acceptors (Lipinski definition) is 2. The van der Waals surface area contributed by atoms with E-state index in [2.05, 4.69) is 98.8 Å². The largest absolute Gasteiger partial charge is 0.248 e. The van der Waals surface area contributed by atoms with Crippen LogP contribution in [0.3, 0.4) is 0 Å². The minimum atomic E-state index is 0.287. The standard InChI is InChI=1S/C27H22N2/c1-18(2)25-26(22-14-12-20(13-15-22)19-8-4-3-5-9-19)28-24-17-16-21-10-6-7-11-23(21)27(24)29-25/h3-18H,1-2H3. The number of hydrogen-bond donors (Lipinski definition) is 0. The van der Waals surface area contributed by atoms with Crippen LogP contribution in [0.15, 0.2) is 91.0 Å². The Morgan fingerprint density at radius 2 is 1.24 bits per heavy atom. The second kappa shape index (κ2) is 7.14. The van der Waals surface area contributed by atoms with Crippen LogP contribution in [0.2, 0.25) is 0 Å². The molecule has 1 heterocycles. The van der Waals surface area contributed by atoms with Crippen LogP contribution in [0, 0.1) is 0 Å². The van der Waals surface area contributed by atoms with Crippen LogP contribution in [0.5, 0.6) is 0 Å². The van der Waals surface area contributed by atoms with Gasteiger partial charge in [-0.15, -0.1) is 0 Å². The first kappa shape index (κ1) is 17.6. The Hall–Kier alpha value is -3.52. The lowest BCUT2D eigenvalue weighted by Crippen LogP contribution is -2.01. The van der Waals surface area contributed by atoms with Crippen molar-refractivity contribution in [1.29, 1.82) is 0 Å². The summed E-state index contributed by atoms with van der Waals surface area (Å²) in [6.45, 7) is 4.37. The van der Waals surface area contributed by atoms with Gasteiger partial charge in [0.15, 0.2) is 0 Å². The summed E-state index contributed by atoms with van der Waals surface area (Å²) >= 11 is 0. The number of benzene rings is 4. The van der Waals surface area contributed by atoms with E-state index >= 15 is 0 Å². The molecule has 29 heavy (non-hydrogen) atoms. The zero-order valence-electron chi connectivity index (χ0n) is 16.6.